The molecule has 2 unspecified atom stereocenters. The Morgan fingerprint density at radius 1 is 1.17 bits per heavy atom. The lowest BCUT2D eigenvalue weighted by Crippen LogP contribution is -2.20. The summed E-state index contributed by atoms with van der Waals surface area (Å²) in [5.41, 5.74) is 0.744. The van der Waals surface area contributed by atoms with Crippen LogP contribution in [0.4, 0.5) is 13.2 Å². The molecule has 2 atom stereocenters. The second-order valence-electron chi connectivity index (χ2n) is 6.14. The van der Waals surface area contributed by atoms with Gasteiger partial charge in [-0.3, -0.25) is 0 Å². The molecule has 1 aliphatic heterocycles. The molecule has 1 heterocycles. The van der Waals surface area contributed by atoms with Gasteiger partial charge in [0.25, 0.3) is 0 Å². The quantitative estimate of drug-likeness (QED) is 0.462. The molecule has 1 nitrogen and oxygen atoms in total. The van der Waals surface area contributed by atoms with E-state index in [0.29, 0.717) is 30.6 Å². The molecule has 23 heavy (non-hydrogen) atoms. The van der Waals surface area contributed by atoms with Crippen LogP contribution in [0.2, 0.25) is 0 Å². The topological polar surface area (TPSA) is 9.23 Å². The Labute approximate surface area is 136 Å². The van der Waals surface area contributed by atoms with Crippen LogP contribution in [0.5, 0.6) is 0 Å². The van der Waals surface area contributed by atoms with Crippen molar-refractivity contribution in [1.29, 1.82) is 0 Å². The van der Waals surface area contributed by atoms with Gasteiger partial charge in [-0.2, -0.15) is 0 Å². The highest BCUT2D eigenvalue weighted by Gasteiger charge is 2.26. The fourth-order valence-electron chi connectivity index (χ4n) is 3.02. The van der Waals surface area contributed by atoms with Crippen LogP contribution in [0.25, 0.3) is 0 Å². The average molecular weight is 326 g/mol. The van der Waals surface area contributed by atoms with Gasteiger partial charge in [0.05, 0.1) is 12.7 Å². The minimum atomic E-state index is -0.776. The Balaban J connectivity index is 2.01. The van der Waals surface area contributed by atoms with Crippen LogP contribution in [0.15, 0.2) is 24.3 Å². The number of unbranched alkanes of at least 4 members (excludes halogenated alkanes) is 2. The van der Waals surface area contributed by atoms with Gasteiger partial charge in [-0.1, -0.05) is 44.1 Å². The first-order valence-electron chi connectivity index (χ1n) is 8.48. The Bertz CT molecular complexity index is 520. The van der Waals surface area contributed by atoms with Crippen LogP contribution in [0.1, 0.15) is 56.3 Å². The summed E-state index contributed by atoms with van der Waals surface area (Å²) in [5.74, 6) is -1.35. The maximum atomic E-state index is 14.3. The molecule has 2 rings (SSSR count). The minimum Gasteiger partial charge on any atom is -0.373 e. The summed E-state index contributed by atoms with van der Waals surface area (Å²) < 4.78 is 46.3. The molecule has 1 saturated heterocycles. The Morgan fingerprint density at radius 3 is 2.65 bits per heavy atom. The number of halogens is 3. The second kappa shape index (κ2) is 9.11. The van der Waals surface area contributed by atoms with Crippen molar-refractivity contribution < 1.29 is 17.9 Å². The normalized spacial score (nSPS) is 21.9. The summed E-state index contributed by atoms with van der Waals surface area (Å²) in [5, 5.41) is 0. The van der Waals surface area contributed by atoms with Gasteiger partial charge in [0, 0.05) is 11.5 Å². The van der Waals surface area contributed by atoms with E-state index in [1.165, 1.54) is 6.08 Å². The zero-order valence-corrected chi connectivity index (χ0v) is 13.7. The molecule has 1 aromatic carbocycles. The number of ether oxygens (including phenoxy) is 1. The number of allylic oxidation sites excluding steroid dienone is 1. The largest absolute Gasteiger partial charge is 0.373 e. The first-order chi connectivity index (χ1) is 11.2. The Kier molecular flexibility index (Phi) is 7.15. The van der Waals surface area contributed by atoms with E-state index in [0.717, 1.165) is 25.7 Å². The van der Waals surface area contributed by atoms with E-state index in [4.69, 9.17) is 4.74 Å². The standard InChI is InChI=1S/C19H25F3O/c1-2-3-4-7-15-9-10-16(19(22)18(15)21)17-11-8-14(13-23-17)6-5-12-20/h5-6,9-10,14,17H,2-4,7-8,11-13H2,1H3. The van der Waals surface area contributed by atoms with Gasteiger partial charge in [-0.15, -0.1) is 0 Å². The third-order valence-electron chi connectivity index (χ3n) is 4.40. The van der Waals surface area contributed by atoms with Gasteiger partial charge >= 0.3 is 0 Å². The number of benzene rings is 1. The van der Waals surface area contributed by atoms with Gasteiger partial charge in [0.2, 0.25) is 0 Å². The Hall–Kier alpha value is -1.29. The van der Waals surface area contributed by atoms with Crippen LogP contribution in [-0.4, -0.2) is 13.3 Å². The van der Waals surface area contributed by atoms with E-state index in [2.05, 4.69) is 6.92 Å². The summed E-state index contributed by atoms with van der Waals surface area (Å²) in [6.45, 7) is 2.01. The zero-order valence-electron chi connectivity index (χ0n) is 13.7. The van der Waals surface area contributed by atoms with Gasteiger partial charge in [0.15, 0.2) is 11.6 Å². The second-order valence-corrected chi connectivity index (χ2v) is 6.14. The van der Waals surface area contributed by atoms with Crippen molar-refractivity contribution in [2.45, 2.75) is 51.6 Å². The number of aryl methyl sites for hydroxylation is 1. The first kappa shape index (κ1) is 18.1. The van der Waals surface area contributed by atoms with Gasteiger partial charge in [-0.05, 0) is 31.2 Å². The molecule has 1 aliphatic rings. The number of hydrogen-bond acceptors (Lipinski definition) is 1. The molecule has 1 aromatic rings. The van der Waals surface area contributed by atoms with Crippen molar-refractivity contribution in [2.24, 2.45) is 5.92 Å². The predicted molar refractivity (Wildman–Crippen MR) is 86.1 cm³/mol. The highest BCUT2D eigenvalue weighted by Crippen LogP contribution is 2.34. The molecule has 0 N–H and O–H groups in total. The van der Waals surface area contributed by atoms with Crippen LogP contribution in [-0.2, 0) is 11.2 Å². The van der Waals surface area contributed by atoms with Gasteiger partial charge in [0.1, 0.15) is 6.67 Å². The molecule has 4 heteroatoms. The van der Waals surface area contributed by atoms with E-state index < -0.39 is 24.4 Å². The molecule has 0 aliphatic carbocycles. The third kappa shape index (κ3) is 4.84. The average Bonchev–Trinajstić information content (AvgIpc) is 2.58. The molecular formula is C19H25F3O. The van der Waals surface area contributed by atoms with E-state index in [1.54, 1.807) is 18.2 Å². The number of rotatable bonds is 7. The van der Waals surface area contributed by atoms with Gasteiger partial charge in [-0.25, -0.2) is 13.2 Å². The van der Waals surface area contributed by atoms with E-state index in [-0.39, 0.29) is 5.92 Å². The third-order valence-corrected chi connectivity index (χ3v) is 4.40. The number of alkyl halides is 1. The highest BCUT2D eigenvalue weighted by atomic mass is 19.2. The SMILES string of the molecule is CCCCCc1ccc(C2CCC(C=CCF)CO2)c(F)c1F. The fourth-order valence-corrected chi connectivity index (χ4v) is 3.02. The monoisotopic (exact) mass is 326 g/mol. The van der Waals surface area contributed by atoms with Crippen molar-refractivity contribution in [2.75, 3.05) is 13.3 Å². The molecule has 0 amide bonds. The molecule has 0 saturated carbocycles. The molecule has 128 valence electrons. The van der Waals surface area contributed by atoms with Crippen molar-refractivity contribution in [1.82, 2.24) is 0 Å². The minimum absolute atomic E-state index is 0.156. The lowest BCUT2D eigenvalue weighted by Gasteiger charge is -2.28. The van der Waals surface area contributed by atoms with Crippen molar-refractivity contribution in [3.8, 4) is 0 Å². The van der Waals surface area contributed by atoms with E-state index in [9.17, 15) is 13.2 Å². The van der Waals surface area contributed by atoms with E-state index >= 15 is 0 Å². The van der Waals surface area contributed by atoms with Crippen LogP contribution in [0.3, 0.4) is 0 Å². The summed E-state index contributed by atoms with van der Waals surface area (Å²) in [7, 11) is 0. The highest BCUT2D eigenvalue weighted by molar-refractivity contribution is 5.28. The summed E-state index contributed by atoms with van der Waals surface area (Å²) >= 11 is 0. The predicted octanol–water partition coefficient (Wildman–Crippen LogP) is 5.69. The van der Waals surface area contributed by atoms with Crippen molar-refractivity contribution in [3.05, 3.63) is 47.0 Å². The molecular weight excluding hydrogens is 301 g/mol. The lowest BCUT2D eigenvalue weighted by molar-refractivity contribution is -0.00751. The first-order valence-corrected chi connectivity index (χ1v) is 8.48. The number of hydrogen-bond donors (Lipinski definition) is 0. The molecule has 0 spiro atoms. The summed E-state index contributed by atoms with van der Waals surface area (Å²) in [4.78, 5) is 0. The lowest BCUT2D eigenvalue weighted by atomic mass is 9.93. The summed E-state index contributed by atoms with van der Waals surface area (Å²) in [6.07, 6.45) is 7.77. The maximum absolute atomic E-state index is 14.3. The molecule has 0 radical (unpaired) electrons. The van der Waals surface area contributed by atoms with Crippen molar-refractivity contribution in [3.63, 3.8) is 0 Å². The van der Waals surface area contributed by atoms with E-state index in [1.807, 2.05) is 0 Å². The van der Waals surface area contributed by atoms with Crippen molar-refractivity contribution >= 4 is 0 Å². The molecule has 1 fully saturated rings. The Morgan fingerprint density at radius 2 is 2.00 bits per heavy atom. The smallest absolute Gasteiger partial charge is 0.164 e. The van der Waals surface area contributed by atoms with Gasteiger partial charge < -0.3 is 4.74 Å². The maximum Gasteiger partial charge on any atom is 0.164 e. The zero-order chi connectivity index (χ0) is 16.7. The van der Waals surface area contributed by atoms with Crippen LogP contribution < -0.4 is 0 Å². The molecule has 0 aromatic heterocycles. The van der Waals surface area contributed by atoms with Crippen LogP contribution in [0, 0.1) is 17.6 Å². The summed E-state index contributed by atoms with van der Waals surface area (Å²) in [6, 6.07) is 3.34. The van der Waals surface area contributed by atoms with Crippen LogP contribution >= 0.6 is 0 Å². The fraction of sp³-hybridized carbons (Fsp3) is 0.579. The molecule has 0 bridgehead atoms.